The zero-order valence-corrected chi connectivity index (χ0v) is 9.57. The van der Waals surface area contributed by atoms with Crippen LogP contribution in [0, 0.1) is 11.3 Å². The fourth-order valence-corrected chi connectivity index (χ4v) is 1.65. The van der Waals surface area contributed by atoms with Crippen LogP contribution in [0.5, 0.6) is 0 Å². The van der Waals surface area contributed by atoms with Crippen molar-refractivity contribution in [3.8, 4) is 6.07 Å². The van der Waals surface area contributed by atoms with Crippen LogP contribution in [-0.4, -0.2) is 14.8 Å². The maximum Gasteiger partial charge on any atom is 0.252 e. The van der Waals surface area contributed by atoms with E-state index in [-0.39, 0.29) is 5.82 Å². The van der Waals surface area contributed by atoms with Crippen LogP contribution in [0.4, 0.5) is 0 Å². The normalized spacial score (nSPS) is 10.1. The molecule has 0 fully saturated rings. The van der Waals surface area contributed by atoms with Gasteiger partial charge in [-0.1, -0.05) is 35.3 Å². The second-order valence-electron chi connectivity index (χ2n) is 3.09. The largest absolute Gasteiger partial charge is 0.252 e. The number of benzene rings is 1. The van der Waals surface area contributed by atoms with Crippen molar-refractivity contribution in [1.29, 1.82) is 5.26 Å². The fraction of sp³-hybridized carbons (Fsp3) is 0.100. The van der Waals surface area contributed by atoms with Crippen LogP contribution in [0.15, 0.2) is 24.5 Å². The lowest BCUT2D eigenvalue weighted by Gasteiger charge is -2.04. The molecule has 0 amide bonds. The first-order valence-corrected chi connectivity index (χ1v) is 5.18. The highest BCUT2D eigenvalue weighted by molar-refractivity contribution is 6.42. The molecule has 0 N–H and O–H groups in total. The number of rotatable bonds is 2. The van der Waals surface area contributed by atoms with Crippen LogP contribution >= 0.6 is 23.2 Å². The summed E-state index contributed by atoms with van der Waals surface area (Å²) in [6.45, 7) is 0.439. The van der Waals surface area contributed by atoms with E-state index in [0.717, 1.165) is 5.56 Å². The number of aromatic nitrogens is 3. The lowest BCUT2D eigenvalue weighted by Crippen LogP contribution is -2.01. The smallest absolute Gasteiger partial charge is 0.247 e. The van der Waals surface area contributed by atoms with E-state index in [4.69, 9.17) is 28.5 Å². The van der Waals surface area contributed by atoms with Gasteiger partial charge in [0, 0.05) is 0 Å². The van der Waals surface area contributed by atoms with Gasteiger partial charge >= 0.3 is 0 Å². The van der Waals surface area contributed by atoms with E-state index < -0.39 is 0 Å². The molecule has 16 heavy (non-hydrogen) atoms. The molecule has 6 heteroatoms. The standard InChI is InChI=1S/C10H6Cl2N4/c11-8-3-1-2-7(10(8)12)5-16-6-14-9(4-13)15-16/h1-3,6H,5H2. The molecule has 0 spiro atoms. The van der Waals surface area contributed by atoms with E-state index in [2.05, 4.69) is 10.1 Å². The molecule has 2 aromatic rings. The van der Waals surface area contributed by atoms with E-state index in [1.807, 2.05) is 18.2 Å². The molecule has 0 saturated heterocycles. The van der Waals surface area contributed by atoms with Crippen LogP contribution in [-0.2, 0) is 6.54 Å². The Morgan fingerprint density at radius 3 is 2.88 bits per heavy atom. The summed E-state index contributed by atoms with van der Waals surface area (Å²) in [7, 11) is 0. The first-order chi connectivity index (χ1) is 7.70. The van der Waals surface area contributed by atoms with Gasteiger partial charge in [0.2, 0.25) is 0 Å². The highest BCUT2D eigenvalue weighted by Crippen LogP contribution is 2.25. The van der Waals surface area contributed by atoms with Crippen molar-refractivity contribution >= 4 is 23.2 Å². The molecule has 80 valence electrons. The van der Waals surface area contributed by atoms with Gasteiger partial charge in [0.15, 0.2) is 0 Å². The zero-order valence-electron chi connectivity index (χ0n) is 8.06. The van der Waals surface area contributed by atoms with Crippen molar-refractivity contribution in [2.45, 2.75) is 6.54 Å². The lowest BCUT2D eigenvalue weighted by molar-refractivity contribution is 0.682. The van der Waals surface area contributed by atoms with Gasteiger partial charge in [-0.2, -0.15) is 5.26 Å². The molecule has 0 aliphatic carbocycles. The average Bonchev–Trinajstić information content (AvgIpc) is 2.73. The number of halogens is 2. The summed E-state index contributed by atoms with van der Waals surface area (Å²) in [5.41, 5.74) is 0.837. The maximum atomic E-state index is 8.58. The Labute approximate surface area is 102 Å². The fourth-order valence-electron chi connectivity index (χ4n) is 1.27. The number of hydrogen-bond donors (Lipinski definition) is 0. The van der Waals surface area contributed by atoms with Crippen LogP contribution in [0.3, 0.4) is 0 Å². The molecule has 0 atom stereocenters. The molecule has 1 heterocycles. The SMILES string of the molecule is N#Cc1ncn(Cc2cccc(Cl)c2Cl)n1. The summed E-state index contributed by atoms with van der Waals surface area (Å²) in [5, 5.41) is 13.5. The highest BCUT2D eigenvalue weighted by Gasteiger charge is 2.06. The quantitative estimate of drug-likeness (QED) is 0.826. The van der Waals surface area contributed by atoms with Crippen LogP contribution < -0.4 is 0 Å². The summed E-state index contributed by atoms with van der Waals surface area (Å²) in [6.07, 6.45) is 1.48. The molecule has 0 aliphatic rings. The van der Waals surface area contributed by atoms with Crippen molar-refractivity contribution in [2.75, 3.05) is 0 Å². The minimum Gasteiger partial charge on any atom is -0.247 e. The highest BCUT2D eigenvalue weighted by atomic mass is 35.5. The Balaban J connectivity index is 2.27. The van der Waals surface area contributed by atoms with Gasteiger partial charge in [-0.3, -0.25) is 0 Å². The molecule has 0 unspecified atom stereocenters. The van der Waals surface area contributed by atoms with Gasteiger partial charge in [0.05, 0.1) is 16.6 Å². The molecule has 1 aromatic carbocycles. The van der Waals surface area contributed by atoms with E-state index in [1.54, 1.807) is 6.07 Å². The maximum absolute atomic E-state index is 8.58. The topological polar surface area (TPSA) is 54.5 Å². The zero-order chi connectivity index (χ0) is 11.5. The van der Waals surface area contributed by atoms with Gasteiger partial charge in [-0.15, -0.1) is 5.10 Å². The van der Waals surface area contributed by atoms with Gasteiger partial charge in [0.1, 0.15) is 12.4 Å². The molecule has 0 bridgehead atoms. The minimum atomic E-state index is 0.137. The van der Waals surface area contributed by atoms with Gasteiger partial charge < -0.3 is 0 Å². The van der Waals surface area contributed by atoms with Crippen LogP contribution in [0.25, 0.3) is 0 Å². The van der Waals surface area contributed by atoms with Gasteiger partial charge in [-0.25, -0.2) is 9.67 Å². The first kappa shape index (κ1) is 10.9. The second-order valence-corrected chi connectivity index (χ2v) is 3.88. The van der Waals surface area contributed by atoms with Crippen molar-refractivity contribution in [2.24, 2.45) is 0 Å². The van der Waals surface area contributed by atoms with Crippen molar-refractivity contribution < 1.29 is 0 Å². The van der Waals surface area contributed by atoms with E-state index in [0.29, 0.717) is 16.6 Å². The molecular formula is C10H6Cl2N4. The van der Waals surface area contributed by atoms with Crippen LogP contribution in [0.1, 0.15) is 11.4 Å². The molecule has 2 rings (SSSR count). The first-order valence-electron chi connectivity index (χ1n) is 4.43. The summed E-state index contributed by atoms with van der Waals surface area (Å²) < 4.78 is 1.54. The Hall–Kier alpha value is -1.57. The van der Waals surface area contributed by atoms with Crippen molar-refractivity contribution in [3.05, 3.63) is 46.0 Å². The third kappa shape index (κ3) is 2.16. The number of nitrogens with zero attached hydrogens (tertiary/aromatic N) is 4. The number of hydrogen-bond acceptors (Lipinski definition) is 3. The summed E-state index contributed by atoms with van der Waals surface area (Å²) in [5.74, 6) is 0.137. The summed E-state index contributed by atoms with van der Waals surface area (Å²) in [6, 6.07) is 7.24. The number of nitriles is 1. The molecule has 4 nitrogen and oxygen atoms in total. The van der Waals surface area contributed by atoms with Crippen molar-refractivity contribution in [1.82, 2.24) is 14.8 Å². The Kier molecular flexibility index (Phi) is 3.09. The van der Waals surface area contributed by atoms with Crippen LogP contribution in [0.2, 0.25) is 10.0 Å². The Morgan fingerprint density at radius 2 is 2.19 bits per heavy atom. The molecule has 1 aromatic heterocycles. The van der Waals surface area contributed by atoms with E-state index >= 15 is 0 Å². The average molecular weight is 253 g/mol. The monoisotopic (exact) mass is 252 g/mol. The predicted molar refractivity (Wildman–Crippen MR) is 60.3 cm³/mol. The minimum absolute atomic E-state index is 0.137. The predicted octanol–water partition coefficient (Wildman–Crippen LogP) is 2.50. The Morgan fingerprint density at radius 1 is 1.38 bits per heavy atom. The molecule has 0 radical (unpaired) electrons. The van der Waals surface area contributed by atoms with Gasteiger partial charge in [-0.05, 0) is 11.6 Å². The molecule has 0 saturated carbocycles. The van der Waals surface area contributed by atoms with Gasteiger partial charge in [0.25, 0.3) is 5.82 Å². The second kappa shape index (κ2) is 4.52. The molecule has 0 aliphatic heterocycles. The van der Waals surface area contributed by atoms with Crippen molar-refractivity contribution in [3.63, 3.8) is 0 Å². The summed E-state index contributed by atoms with van der Waals surface area (Å²) >= 11 is 11.9. The lowest BCUT2D eigenvalue weighted by atomic mass is 10.2. The molecular weight excluding hydrogens is 247 g/mol. The third-order valence-corrected chi connectivity index (χ3v) is 2.86. The Bertz CT molecular complexity index is 556. The third-order valence-electron chi connectivity index (χ3n) is 2.00. The van der Waals surface area contributed by atoms with E-state index in [9.17, 15) is 0 Å². The summed E-state index contributed by atoms with van der Waals surface area (Å²) in [4.78, 5) is 3.80. The van der Waals surface area contributed by atoms with E-state index in [1.165, 1.54) is 11.0 Å².